The zero-order chi connectivity index (χ0) is 22.3. The van der Waals surface area contributed by atoms with E-state index in [1.807, 2.05) is 12.1 Å². The molecule has 1 aliphatic rings. The van der Waals surface area contributed by atoms with Crippen molar-refractivity contribution in [1.29, 1.82) is 0 Å². The molecular weight excluding hydrogens is 610 g/mol. The molecule has 0 N–H and O–H groups in total. The first kappa shape index (κ1) is 29.4. The first-order chi connectivity index (χ1) is 14.9. The van der Waals surface area contributed by atoms with Gasteiger partial charge in [0.25, 0.3) is 0 Å². The van der Waals surface area contributed by atoms with E-state index < -0.39 is 0 Å². The zero-order valence-corrected chi connectivity index (χ0v) is 24.8. The SMILES string of the molecule is CC(C)(C)c1cc[cH-]c1.C[C](=[Hf+2])c1ccccc1.[Cl-].[Cl-].[c-]1cccc2c1Cc1ccccc1-2. The van der Waals surface area contributed by atoms with Gasteiger partial charge in [0.15, 0.2) is 0 Å². The van der Waals surface area contributed by atoms with E-state index in [2.05, 4.69) is 119 Å². The van der Waals surface area contributed by atoms with Crippen molar-refractivity contribution >= 4 is 3.26 Å². The van der Waals surface area contributed by atoms with Gasteiger partial charge in [-0.1, -0.05) is 61.6 Å². The Labute approximate surface area is 226 Å². The van der Waals surface area contributed by atoms with Crippen LogP contribution < -0.4 is 24.8 Å². The molecule has 0 fully saturated rings. The fraction of sp³-hybridized carbons (Fsp3) is 0.200. The standard InChI is InChI=1S/C13H9.C9H13.C8H8.2ClH.Hf/c1-3-7-12-10(5-1)9-11-6-2-4-8-13(11)12;1-9(2,3)8-6-4-5-7-8;1-2-8-6-4-3-5-7-8;;;/h1-5,7-8H,9H2;4-7H,1-3H3;3-7H,1H3;2*1H;/q2*-1;;;;+2/p-2. The monoisotopic (exact) mass is 640 g/mol. The Morgan fingerprint density at radius 1 is 0.848 bits per heavy atom. The first-order valence-electron chi connectivity index (χ1n) is 10.8. The minimum Gasteiger partial charge on any atom is -1.00 e. The van der Waals surface area contributed by atoms with Gasteiger partial charge < -0.3 is 24.8 Å². The molecule has 0 saturated carbocycles. The summed E-state index contributed by atoms with van der Waals surface area (Å²) in [5.41, 5.74) is 8.64. The van der Waals surface area contributed by atoms with Gasteiger partial charge in [0.05, 0.1) is 0 Å². The summed E-state index contributed by atoms with van der Waals surface area (Å²) in [4.78, 5) is 0. The second kappa shape index (κ2) is 13.9. The molecule has 0 unspecified atom stereocenters. The van der Waals surface area contributed by atoms with Crippen molar-refractivity contribution in [2.24, 2.45) is 0 Å². The van der Waals surface area contributed by atoms with Crippen molar-refractivity contribution in [1.82, 2.24) is 0 Å². The van der Waals surface area contributed by atoms with Gasteiger partial charge in [0.2, 0.25) is 0 Å². The Kier molecular flexibility index (Phi) is 12.4. The normalized spacial score (nSPS) is 10.6. The van der Waals surface area contributed by atoms with Crippen molar-refractivity contribution in [3.05, 3.63) is 125 Å². The number of fused-ring (bicyclic) bond motifs is 3. The molecule has 170 valence electrons. The van der Waals surface area contributed by atoms with E-state index in [0.29, 0.717) is 5.41 Å². The molecule has 5 rings (SSSR count). The molecule has 0 aromatic heterocycles. The van der Waals surface area contributed by atoms with Gasteiger partial charge >= 0.3 is 70.0 Å². The van der Waals surface area contributed by atoms with Gasteiger partial charge in [-0.3, -0.25) is 0 Å². The summed E-state index contributed by atoms with van der Waals surface area (Å²) >= 11 is 1.17. The average Bonchev–Trinajstić information content (AvgIpc) is 3.43. The van der Waals surface area contributed by atoms with Crippen LogP contribution in [0.25, 0.3) is 11.1 Å². The van der Waals surface area contributed by atoms with Gasteiger partial charge in [-0.2, -0.15) is 53.6 Å². The van der Waals surface area contributed by atoms with Crippen molar-refractivity contribution in [2.75, 3.05) is 0 Å². The van der Waals surface area contributed by atoms with Gasteiger partial charge in [-0.25, -0.2) is 6.07 Å². The Balaban J connectivity index is 0.000000247. The molecule has 0 amide bonds. The van der Waals surface area contributed by atoms with Crippen LogP contribution in [0.5, 0.6) is 0 Å². The third kappa shape index (κ3) is 8.56. The molecule has 4 aromatic carbocycles. The molecule has 0 atom stereocenters. The quantitative estimate of drug-likeness (QED) is 0.193. The summed E-state index contributed by atoms with van der Waals surface area (Å²) in [6.45, 7) is 8.86. The summed E-state index contributed by atoms with van der Waals surface area (Å²) in [7, 11) is 0. The molecule has 0 bridgehead atoms. The first-order valence-corrected chi connectivity index (χ1v) is 12.6. The number of benzene rings is 3. The maximum Gasteiger partial charge on any atom is -0.0253 e. The van der Waals surface area contributed by atoms with Gasteiger partial charge in [-0.15, -0.1) is 5.56 Å². The van der Waals surface area contributed by atoms with Crippen LogP contribution in [0.15, 0.2) is 97.1 Å². The number of hydrogen-bond acceptors (Lipinski definition) is 0. The summed E-state index contributed by atoms with van der Waals surface area (Å²) in [5, 5.41) is 0. The molecule has 4 aromatic rings. The van der Waals surface area contributed by atoms with Crippen molar-refractivity contribution in [3.63, 3.8) is 0 Å². The van der Waals surface area contributed by atoms with Gasteiger partial charge in [0, 0.05) is 0 Å². The fourth-order valence-electron chi connectivity index (χ4n) is 3.56. The maximum absolute atomic E-state index is 3.30. The number of halogens is 2. The summed E-state index contributed by atoms with van der Waals surface area (Å²) in [6.07, 6.45) is 1.05. The van der Waals surface area contributed by atoms with E-state index in [9.17, 15) is 0 Å². The third-order valence-corrected chi connectivity index (χ3v) is 6.39. The van der Waals surface area contributed by atoms with E-state index in [4.69, 9.17) is 0 Å². The van der Waals surface area contributed by atoms with Crippen LogP contribution in [-0.2, 0) is 35.7 Å². The molecule has 0 heterocycles. The molecule has 3 heteroatoms. The third-order valence-electron chi connectivity index (χ3n) is 5.35. The minimum atomic E-state index is 0. The molecule has 0 aliphatic heterocycles. The molecule has 0 radical (unpaired) electrons. The predicted octanol–water partition coefficient (Wildman–Crippen LogP) is 1.54. The second-order valence-corrected chi connectivity index (χ2v) is 11.5. The van der Waals surface area contributed by atoms with Crippen molar-refractivity contribution < 1.29 is 48.7 Å². The Hall–Kier alpha value is -1.67. The number of hydrogen-bond donors (Lipinski definition) is 0. The molecular formula is C30H30Cl2Hf-2. The Bertz CT molecular complexity index is 1060. The van der Waals surface area contributed by atoms with E-state index in [1.54, 1.807) is 0 Å². The van der Waals surface area contributed by atoms with Crippen LogP contribution in [-0.4, -0.2) is 3.26 Å². The summed E-state index contributed by atoms with van der Waals surface area (Å²) < 4.78 is 1.51. The maximum atomic E-state index is 3.30. The number of rotatable bonds is 1. The Morgan fingerprint density at radius 2 is 1.48 bits per heavy atom. The van der Waals surface area contributed by atoms with Crippen molar-refractivity contribution in [2.45, 2.75) is 39.5 Å². The molecule has 1 aliphatic carbocycles. The van der Waals surface area contributed by atoms with Crippen LogP contribution in [0.3, 0.4) is 0 Å². The van der Waals surface area contributed by atoms with Gasteiger partial charge in [0.1, 0.15) is 0 Å². The van der Waals surface area contributed by atoms with E-state index in [0.717, 1.165) is 6.42 Å². The summed E-state index contributed by atoms with van der Waals surface area (Å²) in [6, 6.07) is 37.1. The Morgan fingerprint density at radius 3 is 2.03 bits per heavy atom. The van der Waals surface area contributed by atoms with Crippen molar-refractivity contribution in [3.8, 4) is 11.1 Å². The van der Waals surface area contributed by atoms with Crippen LogP contribution in [0, 0.1) is 6.07 Å². The minimum absolute atomic E-state index is 0. The van der Waals surface area contributed by atoms with Gasteiger partial charge in [-0.05, 0) is 6.42 Å². The van der Waals surface area contributed by atoms with Crippen LogP contribution in [0.4, 0.5) is 0 Å². The van der Waals surface area contributed by atoms with E-state index in [1.165, 1.54) is 60.5 Å². The molecule has 0 saturated heterocycles. The second-order valence-electron chi connectivity index (χ2n) is 8.81. The van der Waals surface area contributed by atoms with Crippen LogP contribution >= 0.6 is 0 Å². The largest absolute Gasteiger partial charge is 1.00 e. The average molecular weight is 640 g/mol. The zero-order valence-electron chi connectivity index (χ0n) is 19.7. The fourth-order valence-corrected chi connectivity index (χ4v) is 4.16. The predicted molar refractivity (Wildman–Crippen MR) is 130 cm³/mol. The topological polar surface area (TPSA) is 0 Å². The molecule has 0 nitrogen and oxygen atoms in total. The smallest absolute Gasteiger partial charge is 0.0253 e. The summed E-state index contributed by atoms with van der Waals surface area (Å²) in [5.74, 6) is 0. The molecule has 33 heavy (non-hydrogen) atoms. The van der Waals surface area contributed by atoms with E-state index in [-0.39, 0.29) is 24.8 Å². The van der Waals surface area contributed by atoms with Crippen LogP contribution in [0.2, 0.25) is 0 Å². The molecule has 0 spiro atoms. The van der Waals surface area contributed by atoms with E-state index >= 15 is 0 Å². The van der Waals surface area contributed by atoms with Crippen LogP contribution in [0.1, 0.15) is 49.9 Å².